The fourth-order valence-electron chi connectivity index (χ4n) is 5.28. The summed E-state index contributed by atoms with van der Waals surface area (Å²) in [6, 6.07) is 15.5. The Hall–Kier alpha value is -4.24. The van der Waals surface area contributed by atoms with Crippen LogP contribution < -0.4 is 16.4 Å². The van der Waals surface area contributed by atoms with E-state index < -0.39 is 5.91 Å². The molecule has 2 aromatic heterocycles. The Labute approximate surface area is 215 Å². The summed E-state index contributed by atoms with van der Waals surface area (Å²) >= 11 is 0. The molecule has 5 rings (SSSR count). The van der Waals surface area contributed by atoms with Gasteiger partial charge in [-0.05, 0) is 61.8 Å². The average Bonchev–Trinajstić information content (AvgIpc) is 3.25. The minimum Gasteiger partial charge on any atom is -0.383 e. The number of aromatic nitrogens is 3. The van der Waals surface area contributed by atoms with E-state index in [1.54, 1.807) is 11.1 Å². The summed E-state index contributed by atoms with van der Waals surface area (Å²) in [5, 5.41) is 6.13. The van der Waals surface area contributed by atoms with Crippen molar-refractivity contribution >= 4 is 34.1 Å². The van der Waals surface area contributed by atoms with Crippen LogP contribution in [0.4, 0.5) is 11.5 Å². The molecular weight excluding hydrogens is 466 g/mol. The number of rotatable bonds is 6. The van der Waals surface area contributed by atoms with Crippen molar-refractivity contribution in [1.82, 2.24) is 19.7 Å². The van der Waals surface area contributed by atoms with E-state index >= 15 is 0 Å². The molecule has 9 heteroatoms. The van der Waals surface area contributed by atoms with Gasteiger partial charge >= 0.3 is 0 Å². The molecule has 0 saturated heterocycles. The Balaban J connectivity index is 1.56. The second kappa shape index (κ2) is 9.01. The van der Waals surface area contributed by atoms with Crippen molar-refractivity contribution in [2.75, 3.05) is 37.8 Å². The molecule has 0 bridgehead atoms. The predicted octanol–water partition coefficient (Wildman–Crippen LogP) is 3.14. The smallest absolute Gasteiger partial charge is 0.277 e. The lowest BCUT2D eigenvalue weighted by molar-refractivity contribution is 0.0972. The molecule has 1 aliphatic rings. The molecular formula is C28H31N7O2. The van der Waals surface area contributed by atoms with Gasteiger partial charge in [0.25, 0.3) is 11.8 Å². The first-order chi connectivity index (χ1) is 17.6. The zero-order valence-electron chi connectivity index (χ0n) is 21.5. The van der Waals surface area contributed by atoms with E-state index in [1.165, 1.54) is 10.2 Å². The lowest BCUT2D eigenvalue weighted by Crippen LogP contribution is -2.39. The highest BCUT2D eigenvalue weighted by Crippen LogP contribution is 2.32. The normalized spacial score (nSPS) is 13.9. The molecule has 3 heterocycles. The molecule has 190 valence electrons. The van der Waals surface area contributed by atoms with Gasteiger partial charge in [0, 0.05) is 41.3 Å². The number of primary amides is 1. The third-order valence-corrected chi connectivity index (χ3v) is 6.95. The van der Waals surface area contributed by atoms with Gasteiger partial charge in [-0.1, -0.05) is 32.0 Å². The van der Waals surface area contributed by atoms with Crippen LogP contribution in [-0.4, -0.2) is 58.7 Å². The van der Waals surface area contributed by atoms with Gasteiger partial charge in [-0.15, -0.1) is 0 Å². The van der Waals surface area contributed by atoms with E-state index in [0.29, 0.717) is 35.7 Å². The van der Waals surface area contributed by atoms with E-state index in [2.05, 4.69) is 55.1 Å². The number of nitrogens with zero attached hydrogens (tertiary/aromatic N) is 5. The Morgan fingerprint density at radius 1 is 1.08 bits per heavy atom. The quantitative estimate of drug-likeness (QED) is 0.422. The summed E-state index contributed by atoms with van der Waals surface area (Å²) in [5.41, 5.74) is 15.3. The highest BCUT2D eigenvalue weighted by Gasteiger charge is 2.35. The van der Waals surface area contributed by atoms with Crippen LogP contribution in [0.3, 0.4) is 0 Å². The zero-order chi connectivity index (χ0) is 26.5. The standard InChI is InChI=1S/C28H31N7O2/c1-28(2,16-33(3)4)18-6-9-19(10-7-18)34-14-12-21-23(26(30)36)32-35(24(21)27(34)37)20-8-5-17-11-13-31-25(29)22(17)15-20/h5-11,13,15H,12,14,16H2,1-4H3,(H2,29,31)(H2,30,36). The van der Waals surface area contributed by atoms with Crippen molar-refractivity contribution in [2.24, 2.45) is 5.73 Å². The first-order valence-corrected chi connectivity index (χ1v) is 12.2. The Bertz CT molecular complexity index is 1520. The fourth-order valence-corrected chi connectivity index (χ4v) is 5.28. The van der Waals surface area contributed by atoms with Crippen molar-refractivity contribution in [1.29, 1.82) is 0 Å². The van der Waals surface area contributed by atoms with Gasteiger partial charge in [0.15, 0.2) is 5.69 Å². The molecule has 9 nitrogen and oxygen atoms in total. The molecule has 4 N–H and O–H groups in total. The molecule has 0 unspecified atom stereocenters. The van der Waals surface area contributed by atoms with Crippen LogP contribution in [0.15, 0.2) is 54.7 Å². The number of anilines is 2. The minimum atomic E-state index is -0.661. The van der Waals surface area contributed by atoms with Crippen molar-refractivity contribution in [2.45, 2.75) is 25.7 Å². The molecule has 0 atom stereocenters. The van der Waals surface area contributed by atoms with Crippen LogP contribution in [0.5, 0.6) is 0 Å². The maximum absolute atomic E-state index is 13.9. The van der Waals surface area contributed by atoms with Gasteiger partial charge in [0.1, 0.15) is 11.5 Å². The topological polar surface area (TPSA) is 123 Å². The maximum Gasteiger partial charge on any atom is 0.277 e. The van der Waals surface area contributed by atoms with Crippen molar-refractivity contribution in [3.05, 3.63) is 77.2 Å². The minimum absolute atomic E-state index is 0.0388. The number of amides is 2. The number of hydrogen-bond acceptors (Lipinski definition) is 6. The highest BCUT2D eigenvalue weighted by molar-refractivity contribution is 6.09. The molecule has 2 aromatic carbocycles. The molecule has 0 aliphatic carbocycles. The second-order valence-corrected chi connectivity index (χ2v) is 10.4. The van der Waals surface area contributed by atoms with Crippen molar-refractivity contribution < 1.29 is 9.59 Å². The molecule has 2 amide bonds. The summed E-state index contributed by atoms with van der Waals surface area (Å²) < 4.78 is 1.50. The van der Waals surface area contributed by atoms with Crippen molar-refractivity contribution in [3.63, 3.8) is 0 Å². The van der Waals surface area contributed by atoms with Crippen LogP contribution in [0.2, 0.25) is 0 Å². The summed E-state index contributed by atoms with van der Waals surface area (Å²) in [4.78, 5) is 34.2. The second-order valence-electron chi connectivity index (χ2n) is 10.4. The Morgan fingerprint density at radius 2 is 1.78 bits per heavy atom. The number of nitrogens with two attached hydrogens (primary N) is 2. The predicted molar refractivity (Wildman–Crippen MR) is 145 cm³/mol. The maximum atomic E-state index is 13.9. The van der Waals surface area contributed by atoms with Gasteiger partial charge in [0.05, 0.1) is 5.69 Å². The van der Waals surface area contributed by atoms with Crippen LogP contribution in [0.25, 0.3) is 16.5 Å². The van der Waals surface area contributed by atoms with Crippen LogP contribution in [0.1, 0.15) is 46.0 Å². The van der Waals surface area contributed by atoms with Gasteiger partial charge in [-0.3, -0.25) is 9.59 Å². The number of benzene rings is 2. The summed E-state index contributed by atoms with van der Waals surface area (Å²) in [6.45, 7) is 5.73. The highest BCUT2D eigenvalue weighted by atomic mass is 16.2. The Morgan fingerprint density at radius 3 is 2.46 bits per heavy atom. The number of pyridine rings is 1. The first-order valence-electron chi connectivity index (χ1n) is 12.2. The van der Waals surface area contributed by atoms with Crippen molar-refractivity contribution in [3.8, 4) is 5.69 Å². The van der Waals surface area contributed by atoms with E-state index in [-0.39, 0.29) is 17.0 Å². The molecule has 37 heavy (non-hydrogen) atoms. The molecule has 0 fully saturated rings. The van der Waals surface area contributed by atoms with Crippen LogP contribution in [-0.2, 0) is 11.8 Å². The molecule has 0 saturated carbocycles. The first kappa shape index (κ1) is 24.5. The van der Waals surface area contributed by atoms with Crippen LogP contribution in [0, 0.1) is 0 Å². The number of nitrogen functional groups attached to an aromatic ring is 1. The third-order valence-electron chi connectivity index (χ3n) is 6.95. The van der Waals surface area contributed by atoms with Gasteiger partial charge < -0.3 is 21.3 Å². The summed E-state index contributed by atoms with van der Waals surface area (Å²) in [5.74, 6) is -0.521. The zero-order valence-corrected chi connectivity index (χ0v) is 21.5. The molecule has 4 aromatic rings. The SMILES string of the molecule is CN(C)CC(C)(C)c1ccc(N2CCc3c(C(N)=O)nn(-c4ccc5ccnc(N)c5c4)c3C2=O)cc1. The monoisotopic (exact) mass is 497 g/mol. The molecule has 0 spiro atoms. The van der Waals surface area contributed by atoms with Gasteiger partial charge in [-0.25, -0.2) is 9.67 Å². The molecule has 0 radical (unpaired) electrons. The lowest BCUT2D eigenvalue weighted by Gasteiger charge is -2.31. The van der Waals surface area contributed by atoms with E-state index in [0.717, 1.165) is 23.0 Å². The fraction of sp³-hybridized carbons (Fsp3) is 0.286. The van der Waals surface area contributed by atoms with Gasteiger partial charge in [0.2, 0.25) is 0 Å². The van der Waals surface area contributed by atoms with E-state index in [4.69, 9.17) is 11.5 Å². The number of carbonyl (C=O) groups is 2. The van der Waals surface area contributed by atoms with Crippen LogP contribution >= 0.6 is 0 Å². The number of carbonyl (C=O) groups excluding carboxylic acids is 2. The summed E-state index contributed by atoms with van der Waals surface area (Å²) in [7, 11) is 4.12. The average molecular weight is 498 g/mol. The van der Waals surface area contributed by atoms with E-state index in [1.807, 2.05) is 36.4 Å². The Kier molecular flexibility index (Phi) is 5.95. The number of likely N-dealkylation sites (N-methyl/N-ethyl adjacent to an activating group) is 1. The molecule has 1 aliphatic heterocycles. The third kappa shape index (κ3) is 4.31. The lowest BCUT2D eigenvalue weighted by atomic mass is 9.84. The van der Waals surface area contributed by atoms with Gasteiger partial charge in [-0.2, -0.15) is 5.10 Å². The number of fused-ring (bicyclic) bond motifs is 2. The van der Waals surface area contributed by atoms with E-state index in [9.17, 15) is 9.59 Å². The summed E-state index contributed by atoms with van der Waals surface area (Å²) in [6.07, 6.45) is 2.11. The largest absolute Gasteiger partial charge is 0.383 e. The number of hydrogen-bond donors (Lipinski definition) is 2.